The van der Waals surface area contributed by atoms with Crippen LogP contribution in [-0.4, -0.2) is 18.1 Å². The summed E-state index contributed by atoms with van der Waals surface area (Å²) in [7, 11) is 0. The van der Waals surface area contributed by atoms with Crippen molar-refractivity contribution in [2.75, 3.05) is 13.2 Å². The molecule has 0 aliphatic heterocycles. The van der Waals surface area contributed by atoms with Gasteiger partial charge in [0.25, 0.3) is 0 Å². The molecule has 3 heteroatoms. The molecule has 1 heterocycles. The molecule has 94 valence electrons. The summed E-state index contributed by atoms with van der Waals surface area (Å²) >= 11 is 0. The van der Waals surface area contributed by atoms with Crippen LogP contribution in [0.25, 0.3) is 11.3 Å². The van der Waals surface area contributed by atoms with E-state index in [4.69, 9.17) is 10.5 Å². The molecule has 1 aromatic carbocycles. The van der Waals surface area contributed by atoms with Gasteiger partial charge in [0, 0.05) is 11.8 Å². The predicted molar refractivity (Wildman–Crippen MR) is 73.6 cm³/mol. The molecular formula is C15H18N2O. The Morgan fingerprint density at radius 2 is 1.94 bits per heavy atom. The first-order chi connectivity index (χ1) is 8.83. The van der Waals surface area contributed by atoms with Crippen molar-refractivity contribution in [1.29, 1.82) is 0 Å². The maximum absolute atomic E-state index is 5.57. The highest BCUT2D eigenvalue weighted by Gasteiger charge is 2.01. The molecule has 18 heavy (non-hydrogen) atoms. The molecule has 0 saturated heterocycles. The van der Waals surface area contributed by atoms with Crippen molar-refractivity contribution in [1.82, 2.24) is 4.98 Å². The minimum atomic E-state index is 0.659. The number of aromatic nitrogens is 1. The van der Waals surface area contributed by atoms with Crippen LogP contribution in [0.1, 0.15) is 12.5 Å². The number of pyridine rings is 1. The summed E-state index contributed by atoms with van der Waals surface area (Å²) in [6.45, 7) is 3.32. The summed E-state index contributed by atoms with van der Waals surface area (Å²) in [6, 6.07) is 12.1. The van der Waals surface area contributed by atoms with Gasteiger partial charge in [0.1, 0.15) is 5.75 Å². The fourth-order valence-electron chi connectivity index (χ4n) is 1.84. The van der Waals surface area contributed by atoms with Crippen LogP contribution in [0.5, 0.6) is 5.75 Å². The Labute approximate surface area is 108 Å². The fraction of sp³-hybridized carbons (Fsp3) is 0.267. The summed E-state index contributed by atoms with van der Waals surface area (Å²) in [6.07, 6.45) is 2.71. The van der Waals surface area contributed by atoms with E-state index in [2.05, 4.69) is 11.1 Å². The molecule has 0 bridgehead atoms. The minimum absolute atomic E-state index is 0.659. The van der Waals surface area contributed by atoms with Crippen LogP contribution in [0.4, 0.5) is 0 Å². The smallest absolute Gasteiger partial charge is 0.119 e. The van der Waals surface area contributed by atoms with E-state index in [1.165, 1.54) is 5.56 Å². The molecule has 0 atom stereocenters. The Kier molecular flexibility index (Phi) is 4.31. The van der Waals surface area contributed by atoms with Gasteiger partial charge in [0.05, 0.1) is 12.3 Å². The molecule has 2 rings (SSSR count). The lowest BCUT2D eigenvalue weighted by molar-refractivity contribution is 0.340. The molecule has 0 radical (unpaired) electrons. The van der Waals surface area contributed by atoms with Gasteiger partial charge in [-0.2, -0.15) is 0 Å². The standard InChI is InChI=1S/C15H18N2O/c1-2-18-14-5-3-13(4-6-14)15-11-12(7-9-16)8-10-17-15/h3-6,8,10-11H,2,7,9,16H2,1H3. The number of hydrogen-bond donors (Lipinski definition) is 1. The van der Waals surface area contributed by atoms with Gasteiger partial charge in [-0.25, -0.2) is 0 Å². The monoisotopic (exact) mass is 242 g/mol. The summed E-state index contributed by atoms with van der Waals surface area (Å²) in [5, 5.41) is 0. The zero-order valence-corrected chi connectivity index (χ0v) is 10.6. The Morgan fingerprint density at radius 3 is 2.61 bits per heavy atom. The lowest BCUT2D eigenvalue weighted by Gasteiger charge is -2.06. The average molecular weight is 242 g/mol. The fourth-order valence-corrected chi connectivity index (χ4v) is 1.84. The highest BCUT2D eigenvalue weighted by molar-refractivity contribution is 5.60. The molecule has 2 aromatic rings. The molecule has 0 unspecified atom stereocenters. The number of ether oxygens (including phenoxy) is 1. The number of nitrogens with two attached hydrogens (primary N) is 1. The second-order valence-electron chi connectivity index (χ2n) is 4.05. The van der Waals surface area contributed by atoms with Gasteiger partial charge < -0.3 is 10.5 Å². The molecule has 0 fully saturated rings. The van der Waals surface area contributed by atoms with Crippen molar-refractivity contribution in [2.24, 2.45) is 5.73 Å². The minimum Gasteiger partial charge on any atom is -0.494 e. The second-order valence-corrected chi connectivity index (χ2v) is 4.05. The third-order valence-electron chi connectivity index (χ3n) is 2.72. The molecule has 1 aromatic heterocycles. The maximum atomic E-state index is 5.57. The number of rotatable bonds is 5. The van der Waals surface area contributed by atoms with Crippen LogP contribution >= 0.6 is 0 Å². The van der Waals surface area contributed by atoms with Crippen molar-refractivity contribution < 1.29 is 4.74 Å². The van der Waals surface area contributed by atoms with Crippen LogP contribution in [0, 0.1) is 0 Å². The molecular weight excluding hydrogens is 224 g/mol. The van der Waals surface area contributed by atoms with E-state index < -0.39 is 0 Å². The lowest BCUT2D eigenvalue weighted by atomic mass is 10.1. The van der Waals surface area contributed by atoms with E-state index in [0.717, 1.165) is 23.4 Å². The number of nitrogens with zero attached hydrogens (tertiary/aromatic N) is 1. The number of hydrogen-bond acceptors (Lipinski definition) is 3. The highest BCUT2D eigenvalue weighted by atomic mass is 16.5. The summed E-state index contributed by atoms with van der Waals surface area (Å²) in [5.41, 5.74) is 8.86. The molecule has 0 saturated carbocycles. The van der Waals surface area contributed by atoms with E-state index in [9.17, 15) is 0 Å². The first kappa shape index (κ1) is 12.6. The Hall–Kier alpha value is -1.87. The van der Waals surface area contributed by atoms with E-state index in [1.54, 1.807) is 0 Å². The first-order valence-corrected chi connectivity index (χ1v) is 6.21. The van der Waals surface area contributed by atoms with E-state index in [-0.39, 0.29) is 0 Å². The van der Waals surface area contributed by atoms with Gasteiger partial charge in [0.15, 0.2) is 0 Å². The van der Waals surface area contributed by atoms with Crippen molar-refractivity contribution in [2.45, 2.75) is 13.3 Å². The van der Waals surface area contributed by atoms with Crippen LogP contribution in [0.15, 0.2) is 42.6 Å². The Morgan fingerprint density at radius 1 is 1.17 bits per heavy atom. The Balaban J connectivity index is 2.22. The maximum Gasteiger partial charge on any atom is 0.119 e. The third-order valence-corrected chi connectivity index (χ3v) is 2.72. The second kappa shape index (κ2) is 6.17. The van der Waals surface area contributed by atoms with E-state index in [1.807, 2.05) is 43.5 Å². The average Bonchev–Trinajstić information content (AvgIpc) is 2.41. The molecule has 2 N–H and O–H groups in total. The SMILES string of the molecule is CCOc1ccc(-c2cc(CCN)ccn2)cc1. The van der Waals surface area contributed by atoms with Gasteiger partial charge >= 0.3 is 0 Å². The van der Waals surface area contributed by atoms with Gasteiger partial charge in [0.2, 0.25) is 0 Å². The molecule has 0 aliphatic rings. The van der Waals surface area contributed by atoms with Crippen molar-refractivity contribution in [3.8, 4) is 17.0 Å². The van der Waals surface area contributed by atoms with Gasteiger partial charge in [-0.3, -0.25) is 4.98 Å². The van der Waals surface area contributed by atoms with Gasteiger partial charge in [-0.05, 0) is 61.9 Å². The van der Waals surface area contributed by atoms with Gasteiger partial charge in [-0.1, -0.05) is 0 Å². The normalized spacial score (nSPS) is 10.3. The molecule has 0 spiro atoms. The Bertz CT molecular complexity index is 494. The molecule has 3 nitrogen and oxygen atoms in total. The lowest BCUT2D eigenvalue weighted by Crippen LogP contribution is -2.02. The van der Waals surface area contributed by atoms with Crippen LogP contribution in [-0.2, 0) is 6.42 Å². The molecule has 0 aliphatic carbocycles. The molecule has 0 amide bonds. The zero-order chi connectivity index (χ0) is 12.8. The highest BCUT2D eigenvalue weighted by Crippen LogP contribution is 2.21. The van der Waals surface area contributed by atoms with Crippen molar-refractivity contribution >= 4 is 0 Å². The van der Waals surface area contributed by atoms with Crippen LogP contribution < -0.4 is 10.5 Å². The largest absolute Gasteiger partial charge is 0.494 e. The number of benzene rings is 1. The summed E-state index contributed by atoms with van der Waals surface area (Å²) in [5.74, 6) is 0.888. The van der Waals surface area contributed by atoms with Crippen LogP contribution in [0.3, 0.4) is 0 Å². The third kappa shape index (κ3) is 3.08. The quantitative estimate of drug-likeness (QED) is 0.876. The zero-order valence-electron chi connectivity index (χ0n) is 10.6. The topological polar surface area (TPSA) is 48.1 Å². The van der Waals surface area contributed by atoms with Crippen molar-refractivity contribution in [3.63, 3.8) is 0 Å². The summed E-state index contributed by atoms with van der Waals surface area (Å²) < 4.78 is 5.42. The van der Waals surface area contributed by atoms with Gasteiger partial charge in [-0.15, -0.1) is 0 Å². The van der Waals surface area contributed by atoms with E-state index in [0.29, 0.717) is 13.2 Å². The van der Waals surface area contributed by atoms with E-state index >= 15 is 0 Å². The summed E-state index contributed by atoms with van der Waals surface area (Å²) in [4.78, 5) is 4.39. The predicted octanol–water partition coefficient (Wildman–Crippen LogP) is 2.65. The van der Waals surface area contributed by atoms with Crippen LogP contribution in [0.2, 0.25) is 0 Å². The first-order valence-electron chi connectivity index (χ1n) is 6.21. The van der Waals surface area contributed by atoms with Crippen molar-refractivity contribution in [3.05, 3.63) is 48.2 Å².